The maximum absolute atomic E-state index is 13.7. The van der Waals surface area contributed by atoms with Crippen LogP contribution in [0.5, 0.6) is 0 Å². The molecule has 0 amide bonds. The van der Waals surface area contributed by atoms with Gasteiger partial charge < -0.3 is 11.1 Å². The van der Waals surface area contributed by atoms with Gasteiger partial charge in [0.15, 0.2) is 11.6 Å². The Bertz CT molecular complexity index is 688. The number of hydrogen-bond donors (Lipinski definition) is 2. The van der Waals surface area contributed by atoms with E-state index in [-0.39, 0.29) is 16.2 Å². The Kier molecular flexibility index (Phi) is 3.89. The Morgan fingerprint density at radius 1 is 0.950 bits per heavy atom. The normalized spacial score (nSPS) is 10.4. The smallest absolute Gasteiger partial charge is 0.182 e. The van der Waals surface area contributed by atoms with Gasteiger partial charge in [-0.1, -0.05) is 12.2 Å². The molecule has 0 aromatic heterocycles. The van der Waals surface area contributed by atoms with Gasteiger partial charge in [0.05, 0.1) is 11.4 Å². The van der Waals surface area contributed by atoms with E-state index < -0.39 is 29.0 Å². The van der Waals surface area contributed by atoms with Crippen molar-refractivity contribution in [3.8, 4) is 0 Å². The maximum Gasteiger partial charge on any atom is 0.182 e. The zero-order valence-corrected chi connectivity index (χ0v) is 10.7. The third-order valence-electron chi connectivity index (χ3n) is 2.52. The molecule has 0 bridgehead atoms. The van der Waals surface area contributed by atoms with Crippen LogP contribution < -0.4 is 11.1 Å². The third kappa shape index (κ3) is 2.88. The molecule has 0 saturated carbocycles. The van der Waals surface area contributed by atoms with E-state index in [1.807, 2.05) is 0 Å². The van der Waals surface area contributed by atoms with Crippen LogP contribution >= 0.6 is 12.2 Å². The van der Waals surface area contributed by atoms with Crippen molar-refractivity contribution in [2.75, 3.05) is 5.32 Å². The van der Waals surface area contributed by atoms with Crippen LogP contribution in [0.1, 0.15) is 5.56 Å². The van der Waals surface area contributed by atoms with E-state index in [1.54, 1.807) is 0 Å². The molecule has 0 radical (unpaired) electrons. The van der Waals surface area contributed by atoms with E-state index in [4.69, 9.17) is 5.73 Å². The molecule has 0 aliphatic carbocycles. The fourth-order valence-corrected chi connectivity index (χ4v) is 1.69. The summed E-state index contributed by atoms with van der Waals surface area (Å²) in [5, 5.41) is 2.27. The van der Waals surface area contributed by atoms with Gasteiger partial charge in [0.25, 0.3) is 0 Å². The predicted octanol–water partition coefficient (Wildman–Crippen LogP) is 3.62. The Balaban J connectivity index is 2.38. The summed E-state index contributed by atoms with van der Waals surface area (Å²) in [5.74, 6) is -4.43. The van der Waals surface area contributed by atoms with Crippen molar-refractivity contribution in [3.63, 3.8) is 0 Å². The first kappa shape index (κ1) is 14.3. The van der Waals surface area contributed by atoms with E-state index in [9.17, 15) is 17.6 Å². The Hall–Kier alpha value is -2.15. The van der Waals surface area contributed by atoms with E-state index in [0.29, 0.717) is 6.07 Å². The molecule has 0 aliphatic heterocycles. The van der Waals surface area contributed by atoms with Crippen molar-refractivity contribution in [3.05, 3.63) is 59.2 Å². The number of thiocarbonyl (C=S) groups is 1. The van der Waals surface area contributed by atoms with Gasteiger partial charge in [0.1, 0.15) is 16.6 Å². The number of rotatable bonds is 3. The molecule has 2 rings (SSSR count). The van der Waals surface area contributed by atoms with Gasteiger partial charge in [-0.05, 0) is 18.2 Å². The minimum absolute atomic E-state index is 0.00145. The number of hydrogen-bond acceptors (Lipinski definition) is 2. The van der Waals surface area contributed by atoms with Crippen LogP contribution in [0.25, 0.3) is 0 Å². The van der Waals surface area contributed by atoms with Gasteiger partial charge in [0.2, 0.25) is 0 Å². The Morgan fingerprint density at radius 2 is 1.65 bits per heavy atom. The molecule has 0 atom stereocenters. The summed E-state index contributed by atoms with van der Waals surface area (Å²) in [5.41, 5.74) is 4.95. The molecule has 0 heterocycles. The lowest BCUT2D eigenvalue weighted by Crippen LogP contribution is -2.10. The first-order chi connectivity index (χ1) is 9.38. The molecule has 0 spiro atoms. The molecule has 2 aromatic rings. The highest BCUT2D eigenvalue weighted by molar-refractivity contribution is 7.80. The van der Waals surface area contributed by atoms with Crippen LogP contribution in [0.3, 0.4) is 0 Å². The molecule has 104 valence electrons. The molecule has 0 fully saturated rings. The average Bonchev–Trinajstić information content (AvgIpc) is 2.37. The quantitative estimate of drug-likeness (QED) is 0.516. The first-order valence-electron chi connectivity index (χ1n) is 5.39. The second kappa shape index (κ2) is 5.46. The van der Waals surface area contributed by atoms with Gasteiger partial charge >= 0.3 is 0 Å². The standard InChI is InChI=1S/C13H8F4N2S/c14-7-4-9(16)12(17)11(5-7)19-10-2-1-6(13(18)20)3-8(10)15/h1-5,19H,(H2,18,20). The molecule has 3 N–H and O–H groups in total. The van der Waals surface area contributed by atoms with Crippen molar-refractivity contribution in [2.24, 2.45) is 5.73 Å². The molecule has 0 saturated heterocycles. The lowest BCUT2D eigenvalue weighted by Gasteiger charge is -2.10. The fourth-order valence-electron chi connectivity index (χ4n) is 1.56. The molecule has 0 unspecified atom stereocenters. The van der Waals surface area contributed by atoms with E-state index in [0.717, 1.165) is 12.1 Å². The minimum atomic E-state index is -1.37. The largest absolute Gasteiger partial charge is 0.389 e. The second-order valence-corrected chi connectivity index (χ2v) is 4.37. The van der Waals surface area contributed by atoms with Crippen LogP contribution in [-0.4, -0.2) is 4.99 Å². The Labute approximate surface area is 117 Å². The number of halogens is 4. The summed E-state index contributed by atoms with van der Waals surface area (Å²) in [7, 11) is 0. The van der Waals surface area contributed by atoms with Crippen molar-refractivity contribution in [1.82, 2.24) is 0 Å². The van der Waals surface area contributed by atoms with Crippen LogP contribution in [0.4, 0.5) is 28.9 Å². The summed E-state index contributed by atoms with van der Waals surface area (Å²) in [6, 6.07) is 4.80. The van der Waals surface area contributed by atoms with Crippen molar-refractivity contribution in [2.45, 2.75) is 0 Å². The molecule has 2 aromatic carbocycles. The van der Waals surface area contributed by atoms with E-state index in [2.05, 4.69) is 17.5 Å². The third-order valence-corrected chi connectivity index (χ3v) is 2.75. The summed E-state index contributed by atoms with van der Waals surface area (Å²) < 4.78 is 53.2. The predicted molar refractivity (Wildman–Crippen MR) is 71.9 cm³/mol. The lowest BCUT2D eigenvalue weighted by atomic mass is 10.2. The number of anilines is 2. The van der Waals surface area contributed by atoms with Gasteiger partial charge in [-0.25, -0.2) is 17.6 Å². The molecular formula is C13H8F4N2S. The molecule has 2 nitrogen and oxygen atoms in total. The second-order valence-electron chi connectivity index (χ2n) is 3.93. The van der Waals surface area contributed by atoms with Gasteiger partial charge in [0, 0.05) is 17.7 Å². The molecular weight excluding hydrogens is 292 g/mol. The monoisotopic (exact) mass is 300 g/mol. The van der Waals surface area contributed by atoms with Gasteiger partial charge in [-0.3, -0.25) is 0 Å². The number of nitrogens with one attached hydrogen (secondary N) is 1. The highest BCUT2D eigenvalue weighted by atomic mass is 32.1. The minimum Gasteiger partial charge on any atom is -0.389 e. The summed E-state index contributed by atoms with van der Waals surface area (Å²) in [6.07, 6.45) is 0. The SMILES string of the molecule is NC(=S)c1ccc(Nc2cc(F)cc(F)c2F)c(F)c1. The summed E-state index contributed by atoms with van der Waals surface area (Å²) in [4.78, 5) is -0.00145. The zero-order chi connectivity index (χ0) is 14.9. The van der Waals surface area contributed by atoms with Crippen molar-refractivity contribution < 1.29 is 17.6 Å². The maximum atomic E-state index is 13.7. The Morgan fingerprint density at radius 3 is 2.25 bits per heavy atom. The number of nitrogens with two attached hydrogens (primary N) is 1. The lowest BCUT2D eigenvalue weighted by molar-refractivity contribution is 0.498. The average molecular weight is 300 g/mol. The summed E-state index contributed by atoms with van der Waals surface area (Å²) in [6.45, 7) is 0. The van der Waals surface area contributed by atoms with Gasteiger partial charge in [-0.2, -0.15) is 0 Å². The van der Waals surface area contributed by atoms with Crippen LogP contribution in [0.15, 0.2) is 30.3 Å². The first-order valence-corrected chi connectivity index (χ1v) is 5.80. The molecule has 0 aliphatic rings. The van der Waals surface area contributed by atoms with Gasteiger partial charge in [-0.15, -0.1) is 0 Å². The highest BCUT2D eigenvalue weighted by Crippen LogP contribution is 2.25. The van der Waals surface area contributed by atoms with E-state index >= 15 is 0 Å². The van der Waals surface area contributed by atoms with Crippen LogP contribution in [0, 0.1) is 23.3 Å². The van der Waals surface area contributed by atoms with Crippen LogP contribution in [-0.2, 0) is 0 Å². The van der Waals surface area contributed by atoms with Crippen molar-refractivity contribution in [1.29, 1.82) is 0 Å². The van der Waals surface area contributed by atoms with Crippen LogP contribution in [0.2, 0.25) is 0 Å². The summed E-state index contributed by atoms with van der Waals surface area (Å²) >= 11 is 4.68. The van der Waals surface area contributed by atoms with Crippen molar-refractivity contribution >= 4 is 28.6 Å². The highest BCUT2D eigenvalue weighted by Gasteiger charge is 2.13. The number of benzene rings is 2. The molecule has 7 heteroatoms. The topological polar surface area (TPSA) is 38.0 Å². The fraction of sp³-hybridized carbons (Fsp3) is 0. The molecule has 20 heavy (non-hydrogen) atoms. The van der Waals surface area contributed by atoms with E-state index in [1.165, 1.54) is 12.1 Å². The zero-order valence-electron chi connectivity index (χ0n) is 9.88.